The van der Waals surface area contributed by atoms with Gasteiger partial charge in [0.25, 0.3) is 5.91 Å². The summed E-state index contributed by atoms with van der Waals surface area (Å²) in [6.07, 6.45) is 3.36. The Kier molecular flexibility index (Phi) is 6.63. The van der Waals surface area contributed by atoms with Crippen LogP contribution in [-0.4, -0.2) is 55.5 Å². The summed E-state index contributed by atoms with van der Waals surface area (Å²) in [5.74, 6) is -0.241. The molecule has 1 aliphatic heterocycles. The number of benzene rings is 2. The Morgan fingerprint density at radius 2 is 1.83 bits per heavy atom. The maximum absolute atomic E-state index is 13.4. The van der Waals surface area contributed by atoms with E-state index in [1.807, 2.05) is 18.2 Å². The number of carbonyl (C=O) groups is 1. The van der Waals surface area contributed by atoms with Crippen molar-refractivity contribution in [3.63, 3.8) is 0 Å². The third-order valence-corrected chi connectivity index (χ3v) is 7.98. The zero-order chi connectivity index (χ0) is 24.3. The van der Waals surface area contributed by atoms with Crippen LogP contribution in [0.4, 0.5) is 0 Å². The van der Waals surface area contributed by atoms with E-state index < -0.39 is 9.84 Å². The van der Waals surface area contributed by atoms with Crippen molar-refractivity contribution in [2.24, 2.45) is 0 Å². The number of hydrogen-bond acceptors (Lipinski definition) is 6. The molecule has 4 aromatic rings. The summed E-state index contributed by atoms with van der Waals surface area (Å²) in [5, 5.41) is 3.73. The van der Waals surface area contributed by atoms with Crippen LogP contribution in [0.1, 0.15) is 21.6 Å². The van der Waals surface area contributed by atoms with Crippen LogP contribution < -0.4 is 5.32 Å². The van der Waals surface area contributed by atoms with Gasteiger partial charge in [0.1, 0.15) is 5.69 Å². The minimum absolute atomic E-state index is 0.227. The largest absolute Gasteiger partial charge is 0.379 e. The molecule has 1 fully saturated rings. The number of pyridine rings is 1. The smallest absolute Gasteiger partial charge is 0.267 e. The second kappa shape index (κ2) is 9.99. The fourth-order valence-corrected chi connectivity index (χ4v) is 5.67. The van der Waals surface area contributed by atoms with Gasteiger partial charge in [-0.2, -0.15) is 0 Å². The van der Waals surface area contributed by atoms with E-state index in [-0.39, 0.29) is 17.3 Å². The van der Waals surface area contributed by atoms with Gasteiger partial charge in [0, 0.05) is 49.5 Å². The fraction of sp³-hybridized carbons (Fsp3) is 0.231. The molecule has 2 N–H and O–H groups in total. The molecule has 0 radical (unpaired) electrons. The number of hydrogen-bond donors (Lipinski definition) is 2. The van der Waals surface area contributed by atoms with Crippen LogP contribution >= 0.6 is 0 Å². The number of carbonyl (C=O) groups excluding carboxylic acids is 1. The number of ether oxygens (including phenoxy) is 1. The Bertz CT molecular complexity index is 1410. The number of nitrogens with zero attached hydrogens (tertiary/aromatic N) is 2. The first-order chi connectivity index (χ1) is 17.0. The molecule has 0 saturated carbocycles. The molecule has 5 rings (SSSR count). The first kappa shape index (κ1) is 23.2. The molecule has 1 amide bonds. The lowest BCUT2D eigenvalue weighted by atomic mass is 10.2. The highest BCUT2D eigenvalue weighted by molar-refractivity contribution is 7.91. The quantitative estimate of drug-likeness (QED) is 0.412. The number of rotatable bonds is 7. The van der Waals surface area contributed by atoms with Crippen molar-refractivity contribution < 1.29 is 17.9 Å². The summed E-state index contributed by atoms with van der Waals surface area (Å²) in [7, 11) is -3.68. The van der Waals surface area contributed by atoms with Crippen molar-refractivity contribution in [2.75, 3.05) is 26.3 Å². The predicted octanol–water partition coefficient (Wildman–Crippen LogP) is 3.16. The van der Waals surface area contributed by atoms with Crippen LogP contribution in [0.15, 0.2) is 82.8 Å². The van der Waals surface area contributed by atoms with E-state index in [0.717, 1.165) is 35.1 Å². The van der Waals surface area contributed by atoms with E-state index >= 15 is 0 Å². The monoisotopic (exact) mass is 490 g/mol. The van der Waals surface area contributed by atoms with Crippen molar-refractivity contribution in [3.05, 3.63) is 89.9 Å². The van der Waals surface area contributed by atoms with E-state index in [2.05, 4.69) is 20.2 Å². The molecule has 0 bridgehead atoms. The van der Waals surface area contributed by atoms with Gasteiger partial charge in [-0.05, 0) is 41.5 Å². The molecular weight excluding hydrogens is 464 g/mol. The molecule has 1 aliphatic rings. The Morgan fingerprint density at radius 3 is 2.60 bits per heavy atom. The summed E-state index contributed by atoms with van der Waals surface area (Å²) in [4.78, 5) is 22.4. The minimum atomic E-state index is -3.68. The highest BCUT2D eigenvalue weighted by atomic mass is 32.2. The first-order valence-electron chi connectivity index (χ1n) is 11.4. The second-order valence-corrected chi connectivity index (χ2v) is 10.4. The Labute approximate surface area is 203 Å². The third-order valence-electron chi connectivity index (χ3n) is 6.11. The molecule has 180 valence electrons. The average Bonchev–Trinajstić information content (AvgIpc) is 3.33. The van der Waals surface area contributed by atoms with Crippen LogP contribution in [0.25, 0.3) is 10.9 Å². The van der Waals surface area contributed by atoms with Gasteiger partial charge in [-0.1, -0.05) is 30.3 Å². The summed E-state index contributed by atoms with van der Waals surface area (Å²) in [6.45, 7) is 3.72. The molecule has 0 atom stereocenters. The lowest BCUT2D eigenvalue weighted by molar-refractivity contribution is 0.0338. The minimum Gasteiger partial charge on any atom is -0.379 e. The van der Waals surface area contributed by atoms with Crippen molar-refractivity contribution in [3.8, 4) is 0 Å². The third kappa shape index (κ3) is 5.12. The van der Waals surface area contributed by atoms with E-state index in [0.29, 0.717) is 30.3 Å². The summed E-state index contributed by atoms with van der Waals surface area (Å²) < 4.78 is 32.2. The van der Waals surface area contributed by atoms with E-state index in [1.165, 1.54) is 0 Å². The Balaban J connectivity index is 1.28. The Morgan fingerprint density at radius 1 is 1.06 bits per heavy atom. The van der Waals surface area contributed by atoms with Crippen LogP contribution in [0, 0.1) is 0 Å². The van der Waals surface area contributed by atoms with Crippen molar-refractivity contribution >= 4 is 26.6 Å². The van der Waals surface area contributed by atoms with Gasteiger partial charge in [-0.15, -0.1) is 0 Å². The highest BCUT2D eigenvalue weighted by Gasteiger charge is 2.22. The van der Waals surface area contributed by atoms with Crippen LogP contribution in [0.3, 0.4) is 0 Å². The fourth-order valence-electron chi connectivity index (χ4n) is 4.18. The molecule has 9 heteroatoms. The molecule has 0 unspecified atom stereocenters. The predicted molar refractivity (Wildman–Crippen MR) is 132 cm³/mol. The SMILES string of the molecule is O=C(NCc1ccc(S(=O)(=O)c2ccccc2CN2CCOCC2)cc1)c1cc2cnccc2[nH]1. The highest BCUT2D eigenvalue weighted by Crippen LogP contribution is 2.26. The number of aromatic amines is 1. The molecule has 0 spiro atoms. The number of aromatic nitrogens is 2. The van der Waals surface area contributed by atoms with E-state index in [4.69, 9.17) is 4.74 Å². The average molecular weight is 491 g/mol. The molecule has 2 aromatic carbocycles. The number of amides is 1. The molecule has 2 aromatic heterocycles. The normalized spacial score (nSPS) is 14.7. The molecule has 8 nitrogen and oxygen atoms in total. The molecule has 35 heavy (non-hydrogen) atoms. The summed E-state index contributed by atoms with van der Waals surface area (Å²) in [5.41, 5.74) is 2.87. The lowest BCUT2D eigenvalue weighted by Crippen LogP contribution is -2.36. The van der Waals surface area contributed by atoms with Gasteiger partial charge in [0.2, 0.25) is 9.84 Å². The van der Waals surface area contributed by atoms with Gasteiger partial charge >= 0.3 is 0 Å². The van der Waals surface area contributed by atoms with Crippen molar-refractivity contribution in [1.82, 2.24) is 20.2 Å². The summed E-state index contributed by atoms with van der Waals surface area (Å²) in [6, 6.07) is 17.4. The zero-order valence-corrected chi connectivity index (χ0v) is 19.9. The zero-order valence-electron chi connectivity index (χ0n) is 19.1. The number of H-pyrrole nitrogens is 1. The maximum Gasteiger partial charge on any atom is 0.267 e. The number of fused-ring (bicyclic) bond motifs is 1. The standard InChI is InChI=1S/C26H26N4O4S/c31-26(24-15-21-17-27-10-9-23(21)29-24)28-16-19-5-7-22(8-6-19)35(32,33)25-4-2-1-3-20(25)18-30-11-13-34-14-12-30/h1-10,15,17,29H,11-14,16,18H2,(H,28,31). The van der Waals surface area contributed by atoms with Crippen molar-refractivity contribution in [2.45, 2.75) is 22.9 Å². The van der Waals surface area contributed by atoms with Crippen LogP contribution in [0.5, 0.6) is 0 Å². The van der Waals surface area contributed by atoms with Gasteiger partial charge in [-0.25, -0.2) is 8.42 Å². The summed E-state index contributed by atoms with van der Waals surface area (Å²) >= 11 is 0. The number of nitrogens with one attached hydrogen (secondary N) is 2. The molecule has 0 aliphatic carbocycles. The first-order valence-corrected chi connectivity index (χ1v) is 12.9. The number of morpholine rings is 1. The molecular formula is C26H26N4O4S. The topological polar surface area (TPSA) is 104 Å². The molecule has 1 saturated heterocycles. The van der Waals surface area contributed by atoms with E-state index in [9.17, 15) is 13.2 Å². The van der Waals surface area contributed by atoms with Gasteiger partial charge in [0.05, 0.1) is 23.0 Å². The Hall–Kier alpha value is -3.53. The van der Waals surface area contributed by atoms with Gasteiger partial charge in [0.15, 0.2) is 0 Å². The van der Waals surface area contributed by atoms with E-state index in [1.54, 1.807) is 54.9 Å². The van der Waals surface area contributed by atoms with Crippen LogP contribution in [0.2, 0.25) is 0 Å². The van der Waals surface area contributed by atoms with Crippen LogP contribution in [-0.2, 0) is 27.7 Å². The van der Waals surface area contributed by atoms with Crippen molar-refractivity contribution in [1.29, 1.82) is 0 Å². The number of sulfone groups is 1. The lowest BCUT2D eigenvalue weighted by Gasteiger charge is -2.27. The van der Waals surface area contributed by atoms with Gasteiger partial charge in [-0.3, -0.25) is 14.7 Å². The second-order valence-electron chi connectivity index (χ2n) is 8.47. The van der Waals surface area contributed by atoms with Gasteiger partial charge < -0.3 is 15.0 Å². The molecule has 3 heterocycles. The maximum atomic E-state index is 13.4.